The van der Waals surface area contributed by atoms with E-state index in [-0.39, 0.29) is 22.5 Å². The average Bonchev–Trinajstić information content (AvgIpc) is 2.61. The van der Waals surface area contributed by atoms with E-state index >= 15 is 0 Å². The maximum absolute atomic E-state index is 12.9. The molecular weight excluding hydrogens is 349 g/mol. The number of nitro groups is 1. The number of nitrogens with one attached hydrogen (secondary N) is 1. The van der Waals surface area contributed by atoms with Crippen LogP contribution in [0.25, 0.3) is 10.9 Å². The number of alkyl halides is 3. The van der Waals surface area contributed by atoms with Gasteiger partial charge in [0.25, 0.3) is 0 Å². The number of hydrogen-bond acceptors (Lipinski definition) is 5. The summed E-state index contributed by atoms with van der Waals surface area (Å²) >= 11 is 0. The number of halogens is 3. The number of aromatic nitrogens is 1. The van der Waals surface area contributed by atoms with E-state index in [1.165, 1.54) is 18.2 Å². The molecule has 0 atom stereocenters. The van der Waals surface area contributed by atoms with Gasteiger partial charge < -0.3 is 15.4 Å². The Morgan fingerprint density at radius 2 is 1.88 bits per heavy atom. The predicted molar refractivity (Wildman–Crippen MR) is 87.8 cm³/mol. The lowest BCUT2D eigenvalue weighted by molar-refractivity contribution is -0.389. The summed E-state index contributed by atoms with van der Waals surface area (Å²) in [4.78, 5) is 14.3. The summed E-state index contributed by atoms with van der Waals surface area (Å²) in [6.45, 7) is 0. The molecule has 0 saturated heterocycles. The normalized spacial score (nSPS) is 11.2. The van der Waals surface area contributed by atoms with Crippen molar-refractivity contribution in [1.29, 1.82) is 5.26 Å². The van der Waals surface area contributed by atoms with E-state index in [9.17, 15) is 28.5 Å². The van der Waals surface area contributed by atoms with Gasteiger partial charge in [0.2, 0.25) is 0 Å². The molecular formula is C17H9F3N4O2. The van der Waals surface area contributed by atoms with Crippen LogP contribution in [0.5, 0.6) is 0 Å². The van der Waals surface area contributed by atoms with Gasteiger partial charge in [0, 0.05) is 5.69 Å². The van der Waals surface area contributed by atoms with Crippen LogP contribution in [0, 0.1) is 21.4 Å². The quantitative estimate of drug-likeness (QED) is 0.537. The Hall–Kier alpha value is -3.67. The first-order chi connectivity index (χ1) is 12.3. The standard InChI is InChI=1S/C17H9F3N4O2/c18-17(19,20)10-4-3-5-11(8-10)22-15-12-6-1-2-7-14(12)23-16(24(25)26)13(15)9-21/h1-8H,(H,22,23). The zero-order chi connectivity index (χ0) is 18.9. The van der Waals surface area contributed by atoms with Crippen molar-refractivity contribution in [3.8, 4) is 6.07 Å². The molecule has 1 N–H and O–H groups in total. The lowest BCUT2D eigenvalue weighted by Gasteiger charge is -2.13. The molecule has 0 spiro atoms. The minimum atomic E-state index is -4.54. The minimum Gasteiger partial charge on any atom is -0.358 e. The molecule has 0 unspecified atom stereocenters. The highest BCUT2D eigenvalue weighted by Crippen LogP contribution is 2.36. The summed E-state index contributed by atoms with van der Waals surface area (Å²) < 4.78 is 38.7. The number of para-hydroxylation sites is 1. The van der Waals surface area contributed by atoms with E-state index in [1.807, 2.05) is 0 Å². The van der Waals surface area contributed by atoms with Crippen LogP contribution in [0.1, 0.15) is 11.1 Å². The van der Waals surface area contributed by atoms with Crippen molar-refractivity contribution in [2.45, 2.75) is 6.18 Å². The highest BCUT2D eigenvalue weighted by Gasteiger charge is 2.31. The summed E-state index contributed by atoms with van der Waals surface area (Å²) in [5.74, 6) is -0.666. The first-order valence-corrected chi connectivity index (χ1v) is 7.23. The Morgan fingerprint density at radius 3 is 2.54 bits per heavy atom. The van der Waals surface area contributed by atoms with Crippen molar-refractivity contribution < 1.29 is 18.1 Å². The fourth-order valence-electron chi connectivity index (χ4n) is 2.48. The Bertz CT molecular complexity index is 1060. The molecule has 0 aliphatic carbocycles. The molecule has 26 heavy (non-hydrogen) atoms. The lowest BCUT2D eigenvalue weighted by Crippen LogP contribution is -2.06. The van der Waals surface area contributed by atoms with Crippen molar-refractivity contribution >= 4 is 28.1 Å². The molecule has 6 nitrogen and oxygen atoms in total. The molecule has 130 valence electrons. The summed E-state index contributed by atoms with van der Waals surface area (Å²) in [5, 5.41) is 23.7. The molecule has 3 aromatic rings. The Labute approximate surface area is 144 Å². The minimum absolute atomic E-state index is 0.0316. The van der Waals surface area contributed by atoms with Crippen molar-refractivity contribution in [2.24, 2.45) is 0 Å². The van der Waals surface area contributed by atoms with Gasteiger partial charge in [-0.2, -0.15) is 18.4 Å². The maximum atomic E-state index is 12.9. The summed E-state index contributed by atoms with van der Waals surface area (Å²) in [6, 6.07) is 12.4. The molecule has 0 amide bonds. The highest BCUT2D eigenvalue weighted by atomic mass is 19.4. The van der Waals surface area contributed by atoms with Crippen LogP contribution in [-0.2, 0) is 6.18 Å². The van der Waals surface area contributed by atoms with E-state index in [0.717, 1.165) is 12.1 Å². The second kappa shape index (κ2) is 6.33. The smallest absolute Gasteiger partial charge is 0.358 e. The third-order valence-corrected chi connectivity index (χ3v) is 3.62. The van der Waals surface area contributed by atoms with Crippen LogP contribution in [0.4, 0.5) is 30.4 Å². The summed E-state index contributed by atoms with van der Waals surface area (Å²) in [7, 11) is 0. The fraction of sp³-hybridized carbons (Fsp3) is 0.0588. The third-order valence-electron chi connectivity index (χ3n) is 3.62. The largest absolute Gasteiger partial charge is 0.416 e. The topological polar surface area (TPSA) is 91.8 Å². The number of hydrogen-bond donors (Lipinski definition) is 1. The number of benzene rings is 2. The molecule has 2 aromatic carbocycles. The van der Waals surface area contributed by atoms with E-state index < -0.39 is 22.5 Å². The number of pyridine rings is 1. The van der Waals surface area contributed by atoms with E-state index in [2.05, 4.69) is 10.3 Å². The molecule has 1 aromatic heterocycles. The number of anilines is 2. The zero-order valence-corrected chi connectivity index (χ0v) is 12.9. The van der Waals surface area contributed by atoms with Gasteiger partial charge in [0.15, 0.2) is 11.1 Å². The second-order valence-corrected chi connectivity index (χ2v) is 5.28. The Balaban J connectivity index is 2.22. The maximum Gasteiger partial charge on any atom is 0.416 e. The van der Waals surface area contributed by atoms with Gasteiger partial charge in [-0.3, -0.25) is 0 Å². The van der Waals surface area contributed by atoms with Crippen LogP contribution in [-0.4, -0.2) is 9.91 Å². The molecule has 0 fully saturated rings. The number of rotatable bonds is 3. The molecule has 0 radical (unpaired) electrons. The van der Waals surface area contributed by atoms with Gasteiger partial charge in [0.05, 0.1) is 16.6 Å². The predicted octanol–water partition coefficient (Wildman–Crippen LogP) is 4.78. The van der Waals surface area contributed by atoms with Crippen LogP contribution in [0.2, 0.25) is 0 Å². The molecule has 0 aliphatic heterocycles. The summed E-state index contributed by atoms with van der Waals surface area (Å²) in [5.41, 5.74) is -0.918. The highest BCUT2D eigenvalue weighted by molar-refractivity contribution is 5.97. The molecule has 0 saturated carbocycles. The zero-order valence-electron chi connectivity index (χ0n) is 12.9. The van der Waals surface area contributed by atoms with Crippen LogP contribution < -0.4 is 5.32 Å². The molecule has 0 bridgehead atoms. The van der Waals surface area contributed by atoms with Crippen molar-refractivity contribution in [3.05, 3.63) is 69.8 Å². The molecule has 3 rings (SSSR count). The van der Waals surface area contributed by atoms with E-state index in [1.54, 1.807) is 24.3 Å². The van der Waals surface area contributed by atoms with Crippen LogP contribution in [0.15, 0.2) is 48.5 Å². The number of nitriles is 1. The SMILES string of the molecule is N#Cc1c([N+](=O)[O-])nc2ccccc2c1Nc1cccc(C(F)(F)F)c1. The molecule has 0 aliphatic rings. The van der Waals surface area contributed by atoms with Crippen molar-refractivity contribution in [1.82, 2.24) is 4.98 Å². The van der Waals surface area contributed by atoms with Crippen molar-refractivity contribution in [3.63, 3.8) is 0 Å². The monoisotopic (exact) mass is 358 g/mol. The van der Waals surface area contributed by atoms with Gasteiger partial charge in [0.1, 0.15) is 6.07 Å². The molecule has 1 heterocycles. The van der Waals surface area contributed by atoms with E-state index in [4.69, 9.17) is 0 Å². The first-order valence-electron chi connectivity index (χ1n) is 7.23. The lowest BCUT2D eigenvalue weighted by atomic mass is 10.1. The first kappa shape index (κ1) is 17.2. The van der Waals surface area contributed by atoms with Gasteiger partial charge in [-0.1, -0.05) is 18.2 Å². The number of fused-ring (bicyclic) bond motifs is 1. The second-order valence-electron chi connectivity index (χ2n) is 5.28. The number of nitrogens with zero attached hydrogens (tertiary/aromatic N) is 3. The average molecular weight is 358 g/mol. The Morgan fingerprint density at radius 1 is 1.15 bits per heavy atom. The van der Waals surface area contributed by atoms with Gasteiger partial charge >= 0.3 is 12.0 Å². The van der Waals surface area contributed by atoms with Crippen molar-refractivity contribution in [2.75, 3.05) is 5.32 Å². The van der Waals surface area contributed by atoms with E-state index in [0.29, 0.717) is 5.39 Å². The van der Waals surface area contributed by atoms with Gasteiger partial charge in [-0.15, -0.1) is 0 Å². The summed E-state index contributed by atoms with van der Waals surface area (Å²) in [6.07, 6.45) is -4.54. The fourth-order valence-corrected chi connectivity index (χ4v) is 2.48. The van der Waals surface area contributed by atoms with Gasteiger partial charge in [-0.25, -0.2) is 0 Å². The molecule has 9 heteroatoms. The van der Waals surface area contributed by atoms with Crippen LogP contribution >= 0.6 is 0 Å². The van der Waals surface area contributed by atoms with Gasteiger partial charge in [-0.05, 0) is 40.2 Å². The third kappa shape index (κ3) is 3.12. The van der Waals surface area contributed by atoms with Crippen LogP contribution in [0.3, 0.4) is 0 Å². The Kier molecular flexibility index (Phi) is 4.18.